The van der Waals surface area contributed by atoms with Crippen molar-refractivity contribution in [1.82, 2.24) is 10.2 Å². The highest BCUT2D eigenvalue weighted by Gasteiger charge is 2.09. The van der Waals surface area contributed by atoms with E-state index in [-0.39, 0.29) is 0 Å². The van der Waals surface area contributed by atoms with Crippen molar-refractivity contribution in [3.63, 3.8) is 0 Å². The summed E-state index contributed by atoms with van der Waals surface area (Å²) in [6, 6.07) is 2.64. The molecule has 0 aliphatic heterocycles. The van der Waals surface area contributed by atoms with Gasteiger partial charge in [0.15, 0.2) is 0 Å². The molecule has 0 spiro atoms. The zero-order valence-electron chi connectivity index (χ0n) is 11.4. The topological polar surface area (TPSA) is 28.4 Å². The molecule has 1 heterocycles. The Balaban J connectivity index is 2.58. The first-order valence-corrected chi connectivity index (χ1v) is 6.14. The molecule has 0 atom stereocenters. The zero-order valence-corrected chi connectivity index (χ0v) is 11.4. The molecule has 0 fully saturated rings. The van der Waals surface area contributed by atoms with Crippen LogP contribution in [-0.2, 0) is 13.1 Å². The first-order valence-electron chi connectivity index (χ1n) is 6.14. The Morgan fingerprint density at radius 3 is 2.82 bits per heavy atom. The minimum Gasteiger partial charge on any atom is -0.465 e. The zero-order chi connectivity index (χ0) is 12.8. The van der Waals surface area contributed by atoms with Crippen molar-refractivity contribution in [3.05, 3.63) is 35.8 Å². The van der Waals surface area contributed by atoms with Crippen molar-refractivity contribution in [3.8, 4) is 0 Å². The summed E-state index contributed by atoms with van der Waals surface area (Å²) < 4.78 is 5.75. The van der Waals surface area contributed by atoms with Crippen LogP contribution in [0.15, 0.2) is 23.1 Å². The van der Waals surface area contributed by atoms with Crippen molar-refractivity contribution in [2.75, 3.05) is 13.6 Å². The van der Waals surface area contributed by atoms with Gasteiger partial charge in [0.25, 0.3) is 0 Å². The summed E-state index contributed by atoms with van der Waals surface area (Å²) >= 11 is 0. The molecule has 0 unspecified atom stereocenters. The van der Waals surface area contributed by atoms with E-state index in [1.54, 1.807) is 0 Å². The predicted octanol–water partition coefficient (Wildman–Crippen LogP) is 2.70. The van der Waals surface area contributed by atoms with E-state index in [0.29, 0.717) is 6.04 Å². The van der Waals surface area contributed by atoms with E-state index < -0.39 is 0 Å². The largest absolute Gasteiger partial charge is 0.465 e. The molecule has 0 aromatic carbocycles. The summed E-state index contributed by atoms with van der Waals surface area (Å²) in [4.78, 5) is 2.17. The Morgan fingerprint density at radius 1 is 1.53 bits per heavy atom. The Morgan fingerprint density at radius 2 is 2.24 bits per heavy atom. The van der Waals surface area contributed by atoms with Crippen molar-refractivity contribution < 1.29 is 4.42 Å². The van der Waals surface area contributed by atoms with Crippen molar-refractivity contribution in [1.29, 1.82) is 0 Å². The van der Waals surface area contributed by atoms with E-state index in [1.807, 2.05) is 13.0 Å². The lowest BCUT2D eigenvalue weighted by molar-refractivity contribution is 0.318. The van der Waals surface area contributed by atoms with Crippen LogP contribution in [0.25, 0.3) is 0 Å². The summed E-state index contributed by atoms with van der Waals surface area (Å²) in [5.74, 6) is 2.03. The van der Waals surface area contributed by atoms with Gasteiger partial charge in [-0.25, -0.2) is 0 Å². The number of hydrogen-bond acceptors (Lipinski definition) is 3. The SMILES string of the molecule is C=CCN(C)Cc1cc(CNC(C)C)c(C)o1. The van der Waals surface area contributed by atoms with Gasteiger partial charge in [0.05, 0.1) is 6.54 Å². The van der Waals surface area contributed by atoms with Crippen molar-refractivity contribution >= 4 is 0 Å². The first-order chi connectivity index (χ1) is 8.02. The fourth-order valence-corrected chi connectivity index (χ4v) is 1.71. The number of aryl methyl sites for hydroxylation is 1. The molecule has 17 heavy (non-hydrogen) atoms. The molecule has 1 aromatic heterocycles. The second kappa shape index (κ2) is 6.62. The minimum atomic E-state index is 0.496. The normalized spacial score (nSPS) is 11.4. The smallest absolute Gasteiger partial charge is 0.118 e. The molecule has 0 saturated carbocycles. The number of likely N-dealkylation sites (N-methyl/N-ethyl adjacent to an activating group) is 1. The maximum atomic E-state index is 5.75. The third-order valence-corrected chi connectivity index (χ3v) is 2.64. The standard InChI is InChI=1S/C14H24N2O/c1-6-7-16(5)10-14-8-13(12(4)17-14)9-15-11(2)3/h6,8,11,15H,1,7,9-10H2,2-5H3. The third-order valence-electron chi connectivity index (χ3n) is 2.64. The number of nitrogens with zero attached hydrogens (tertiary/aromatic N) is 1. The molecule has 3 nitrogen and oxygen atoms in total. The minimum absolute atomic E-state index is 0.496. The van der Waals surface area contributed by atoms with Crippen LogP contribution in [0.1, 0.15) is 30.9 Å². The van der Waals surface area contributed by atoms with Crippen LogP contribution in [0, 0.1) is 6.92 Å². The average Bonchev–Trinajstić information content (AvgIpc) is 2.56. The van der Waals surface area contributed by atoms with Gasteiger partial charge in [0, 0.05) is 24.7 Å². The van der Waals surface area contributed by atoms with Gasteiger partial charge in [-0.3, -0.25) is 4.90 Å². The van der Waals surface area contributed by atoms with E-state index in [4.69, 9.17) is 4.42 Å². The van der Waals surface area contributed by atoms with Gasteiger partial charge >= 0.3 is 0 Å². The molecule has 1 rings (SSSR count). The molecule has 0 radical (unpaired) electrons. The molecule has 1 N–H and O–H groups in total. The van der Waals surface area contributed by atoms with E-state index in [9.17, 15) is 0 Å². The van der Waals surface area contributed by atoms with Gasteiger partial charge in [0.1, 0.15) is 11.5 Å². The molecule has 0 bridgehead atoms. The van der Waals surface area contributed by atoms with Crippen LogP contribution in [-0.4, -0.2) is 24.5 Å². The molecule has 0 aliphatic carbocycles. The van der Waals surface area contributed by atoms with Crippen molar-refractivity contribution in [2.45, 2.75) is 39.9 Å². The molecule has 0 saturated heterocycles. The van der Waals surface area contributed by atoms with Crippen LogP contribution < -0.4 is 5.32 Å². The summed E-state index contributed by atoms with van der Waals surface area (Å²) in [6.45, 7) is 12.6. The predicted molar refractivity (Wildman–Crippen MR) is 72.0 cm³/mol. The van der Waals surface area contributed by atoms with Gasteiger partial charge < -0.3 is 9.73 Å². The number of rotatable bonds is 7. The summed E-state index contributed by atoms with van der Waals surface area (Å²) in [5.41, 5.74) is 1.25. The van der Waals surface area contributed by atoms with Gasteiger partial charge in [0.2, 0.25) is 0 Å². The Hall–Kier alpha value is -1.06. The van der Waals surface area contributed by atoms with Crippen LogP contribution in [0.5, 0.6) is 0 Å². The monoisotopic (exact) mass is 236 g/mol. The maximum absolute atomic E-state index is 5.75. The van der Waals surface area contributed by atoms with Crippen LogP contribution >= 0.6 is 0 Å². The maximum Gasteiger partial charge on any atom is 0.118 e. The van der Waals surface area contributed by atoms with Crippen LogP contribution in [0.4, 0.5) is 0 Å². The number of hydrogen-bond donors (Lipinski definition) is 1. The molecular weight excluding hydrogens is 212 g/mol. The van der Waals surface area contributed by atoms with Crippen LogP contribution in [0.3, 0.4) is 0 Å². The highest BCUT2D eigenvalue weighted by Crippen LogP contribution is 2.16. The Kier molecular flexibility index (Phi) is 5.45. The molecule has 0 amide bonds. The lowest BCUT2D eigenvalue weighted by Crippen LogP contribution is -2.21. The van der Waals surface area contributed by atoms with E-state index >= 15 is 0 Å². The lowest BCUT2D eigenvalue weighted by Gasteiger charge is -2.11. The van der Waals surface area contributed by atoms with Gasteiger partial charge in [-0.15, -0.1) is 6.58 Å². The van der Waals surface area contributed by atoms with E-state index in [1.165, 1.54) is 5.56 Å². The van der Waals surface area contributed by atoms with Crippen molar-refractivity contribution in [2.24, 2.45) is 0 Å². The molecule has 0 aliphatic rings. The molecule has 3 heteroatoms. The van der Waals surface area contributed by atoms with E-state index in [2.05, 4.69) is 43.8 Å². The molecule has 96 valence electrons. The van der Waals surface area contributed by atoms with E-state index in [0.717, 1.165) is 31.2 Å². The highest BCUT2D eigenvalue weighted by atomic mass is 16.3. The summed E-state index contributed by atoms with van der Waals surface area (Å²) in [5, 5.41) is 3.40. The quantitative estimate of drug-likeness (QED) is 0.738. The van der Waals surface area contributed by atoms with Gasteiger partial charge in [-0.1, -0.05) is 19.9 Å². The number of furan rings is 1. The fourth-order valence-electron chi connectivity index (χ4n) is 1.71. The second-order valence-corrected chi connectivity index (χ2v) is 4.82. The second-order valence-electron chi connectivity index (χ2n) is 4.82. The van der Waals surface area contributed by atoms with Gasteiger partial charge in [-0.05, 0) is 20.0 Å². The molecular formula is C14H24N2O. The molecule has 1 aromatic rings. The summed E-state index contributed by atoms with van der Waals surface area (Å²) in [6.07, 6.45) is 1.90. The summed E-state index contributed by atoms with van der Waals surface area (Å²) in [7, 11) is 2.06. The third kappa shape index (κ3) is 4.75. The first kappa shape index (κ1) is 14.0. The Bertz CT molecular complexity index is 355. The number of nitrogens with one attached hydrogen (secondary N) is 1. The van der Waals surface area contributed by atoms with Crippen LogP contribution in [0.2, 0.25) is 0 Å². The average molecular weight is 236 g/mol. The lowest BCUT2D eigenvalue weighted by atomic mass is 10.2. The Labute approximate surface area is 104 Å². The fraction of sp³-hybridized carbons (Fsp3) is 0.571. The van der Waals surface area contributed by atoms with Gasteiger partial charge in [-0.2, -0.15) is 0 Å². The highest BCUT2D eigenvalue weighted by molar-refractivity contribution is 5.20.